The summed E-state index contributed by atoms with van der Waals surface area (Å²) in [6.45, 7) is 4.34. The summed E-state index contributed by atoms with van der Waals surface area (Å²) in [6, 6.07) is 18.9. The van der Waals surface area contributed by atoms with E-state index in [-0.39, 0.29) is 5.91 Å². The second-order valence-corrected chi connectivity index (χ2v) is 7.78. The minimum atomic E-state index is -0.0648. The highest BCUT2D eigenvalue weighted by molar-refractivity contribution is 5.94. The highest BCUT2D eigenvalue weighted by atomic mass is 16.6. The van der Waals surface area contributed by atoms with Crippen molar-refractivity contribution in [2.24, 2.45) is 0 Å². The number of pyridine rings is 1. The van der Waals surface area contributed by atoms with E-state index in [0.717, 1.165) is 28.4 Å². The Morgan fingerprint density at radius 3 is 2.85 bits per heavy atom. The van der Waals surface area contributed by atoms with Crippen molar-refractivity contribution >= 4 is 11.6 Å². The quantitative estimate of drug-likeness (QED) is 0.425. The van der Waals surface area contributed by atoms with Crippen LogP contribution in [-0.4, -0.2) is 40.0 Å². The Balaban J connectivity index is 1.29. The molecule has 3 heterocycles. The number of fused-ring (bicyclic) bond motifs is 2. The fourth-order valence-corrected chi connectivity index (χ4v) is 3.91. The van der Waals surface area contributed by atoms with Gasteiger partial charge in [0.05, 0.1) is 5.69 Å². The third-order valence-electron chi connectivity index (χ3n) is 5.56. The average Bonchev–Trinajstić information content (AvgIpc) is 3.29. The highest BCUT2D eigenvalue weighted by Gasteiger charge is 2.21. The second-order valence-electron chi connectivity index (χ2n) is 7.78. The molecule has 0 unspecified atom stereocenters. The fraction of sp³-hybridized carbons (Fsp3) is 0.231. The lowest BCUT2D eigenvalue weighted by atomic mass is 10.1. The van der Waals surface area contributed by atoms with Gasteiger partial charge in [0.15, 0.2) is 11.5 Å². The van der Waals surface area contributed by atoms with Crippen LogP contribution in [0.1, 0.15) is 28.5 Å². The van der Waals surface area contributed by atoms with Gasteiger partial charge in [-0.1, -0.05) is 24.3 Å². The van der Waals surface area contributed by atoms with Gasteiger partial charge < -0.3 is 23.5 Å². The number of carbonyl (C=O) groups excluding carboxylic acids is 1. The Morgan fingerprint density at radius 2 is 1.97 bits per heavy atom. The molecule has 7 nitrogen and oxygen atoms in total. The van der Waals surface area contributed by atoms with Gasteiger partial charge in [0.25, 0.3) is 5.91 Å². The van der Waals surface area contributed by atoms with Crippen molar-refractivity contribution in [2.45, 2.75) is 20.1 Å². The topological polar surface area (TPSA) is 65.3 Å². The van der Waals surface area contributed by atoms with Gasteiger partial charge in [-0.05, 0) is 43.3 Å². The SMILES string of the molecule is CCN(Cc1cccc2c1OCCO2)C(=O)c1cccc(OCc2cn3ccccc3n2)c1. The number of carbonyl (C=O) groups is 1. The Hall–Kier alpha value is -4.00. The summed E-state index contributed by atoms with van der Waals surface area (Å²) in [7, 11) is 0. The molecule has 7 heteroatoms. The monoisotopic (exact) mass is 443 g/mol. The molecule has 0 bridgehead atoms. The lowest BCUT2D eigenvalue weighted by molar-refractivity contribution is 0.0748. The maximum Gasteiger partial charge on any atom is 0.254 e. The Morgan fingerprint density at radius 1 is 1.09 bits per heavy atom. The number of hydrogen-bond acceptors (Lipinski definition) is 5. The zero-order valence-corrected chi connectivity index (χ0v) is 18.4. The summed E-state index contributed by atoms with van der Waals surface area (Å²) < 4.78 is 19.4. The maximum absolute atomic E-state index is 13.3. The predicted octanol–water partition coefficient (Wildman–Crippen LogP) is 4.35. The predicted molar refractivity (Wildman–Crippen MR) is 124 cm³/mol. The third kappa shape index (κ3) is 4.48. The summed E-state index contributed by atoms with van der Waals surface area (Å²) in [6.07, 6.45) is 3.89. The average molecular weight is 444 g/mol. The number of amides is 1. The van der Waals surface area contributed by atoms with Gasteiger partial charge in [-0.3, -0.25) is 4.79 Å². The van der Waals surface area contributed by atoms with E-state index in [1.807, 2.05) is 78.3 Å². The van der Waals surface area contributed by atoms with E-state index >= 15 is 0 Å². The zero-order valence-electron chi connectivity index (χ0n) is 18.4. The summed E-state index contributed by atoms with van der Waals surface area (Å²) in [5.74, 6) is 2.01. The molecule has 0 spiro atoms. The van der Waals surface area contributed by atoms with Crippen LogP contribution in [-0.2, 0) is 13.2 Å². The highest BCUT2D eigenvalue weighted by Crippen LogP contribution is 2.34. The molecule has 168 valence electrons. The molecular weight excluding hydrogens is 418 g/mol. The van der Waals surface area contributed by atoms with E-state index in [2.05, 4.69) is 4.98 Å². The van der Waals surface area contributed by atoms with Crippen molar-refractivity contribution in [3.8, 4) is 17.2 Å². The number of benzene rings is 2. The molecular formula is C26H25N3O4. The van der Waals surface area contributed by atoms with Crippen LogP contribution in [0, 0.1) is 0 Å². The number of aromatic nitrogens is 2. The van der Waals surface area contributed by atoms with Crippen LogP contribution < -0.4 is 14.2 Å². The molecule has 5 rings (SSSR count). The third-order valence-corrected chi connectivity index (χ3v) is 5.56. The largest absolute Gasteiger partial charge is 0.487 e. The normalized spacial score (nSPS) is 12.5. The molecule has 1 amide bonds. The van der Waals surface area contributed by atoms with Crippen LogP contribution in [0.5, 0.6) is 17.2 Å². The number of hydrogen-bond donors (Lipinski definition) is 0. The Bertz CT molecular complexity index is 1250. The minimum absolute atomic E-state index is 0.0648. The van der Waals surface area contributed by atoms with Gasteiger partial charge in [0.1, 0.15) is 31.2 Å². The molecule has 0 saturated carbocycles. The van der Waals surface area contributed by atoms with E-state index in [9.17, 15) is 4.79 Å². The van der Waals surface area contributed by atoms with E-state index in [0.29, 0.717) is 44.2 Å². The first-order valence-corrected chi connectivity index (χ1v) is 11.0. The molecule has 4 aromatic rings. The van der Waals surface area contributed by atoms with Gasteiger partial charge in [0, 0.05) is 36.6 Å². The zero-order chi connectivity index (χ0) is 22.6. The molecule has 0 radical (unpaired) electrons. The molecule has 1 aliphatic rings. The molecule has 2 aromatic carbocycles. The number of imidazole rings is 1. The number of rotatable bonds is 7. The second kappa shape index (κ2) is 9.24. The number of nitrogens with zero attached hydrogens (tertiary/aromatic N) is 3. The van der Waals surface area contributed by atoms with Gasteiger partial charge >= 0.3 is 0 Å². The number of ether oxygens (including phenoxy) is 3. The minimum Gasteiger partial charge on any atom is -0.487 e. The summed E-state index contributed by atoms with van der Waals surface area (Å²) in [5, 5.41) is 0. The van der Waals surface area contributed by atoms with Gasteiger partial charge in [-0.2, -0.15) is 0 Å². The molecule has 1 aliphatic heterocycles. The first-order chi connectivity index (χ1) is 16.2. The Labute approximate surface area is 192 Å². The summed E-state index contributed by atoms with van der Waals surface area (Å²) in [4.78, 5) is 19.6. The van der Waals surface area contributed by atoms with E-state index < -0.39 is 0 Å². The molecule has 2 aromatic heterocycles. The van der Waals surface area contributed by atoms with Crippen molar-refractivity contribution in [3.05, 3.63) is 89.9 Å². The smallest absolute Gasteiger partial charge is 0.254 e. The summed E-state index contributed by atoms with van der Waals surface area (Å²) >= 11 is 0. The van der Waals surface area contributed by atoms with Crippen LogP contribution in [0.2, 0.25) is 0 Å². The number of para-hydroxylation sites is 1. The van der Waals surface area contributed by atoms with Crippen LogP contribution in [0.3, 0.4) is 0 Å². The summed E-state index contributed by atoms with van der Waals surface area (Å²) in [5.41, 5.74) is 3.20. The van der Waals surface area contributed by atoms with Gasteiger partial charge in [-0.25, -0.2) is 4.98 Å². The van der Waals surface area contributed by atoms with Crippen molar-refractivity contribution < 1.29 is 19.0 Å². The van der Waals surface area contributed by atoms with Crippen molar-refractivity contribution in [1.29, 1.82) is 0 Å². The van der Waals surface area contributed by atoms with E-state index in [1.165, 1.54) is 0 Å². The molecule has 0 N–H and O–H groups in total. The molecule has 0 atom stereocenters. The molecule has 0 fully saturated rings. The van der Waals surface area contributed by atoms with Crippen LogP contribution in [0.4, 0.5) is 0 Å². The van der Waals surface area contributed by atoms with Crippen LogP contribution in [0.15, 0.2) is 73.1 Å². The first kappa shape index (κ1) is 20.9. The molecule has 33 heavy (non-hydrogen) atoms. The standard InChI is InChI=1S/C26H25N3O4/c1-2-28(16-20-8-6-10-23-25(20)32-14-13-31-23)26(30)19-7-5-9-22(15-19)33-18-21-17-29-12-4-3-11-24(29)27-21/h3-12,15,17H,2,13-14,16,18H2,1H3. The fourth-order valence-electron chi connectivity index (χ4n) is 3.91. The molecule has 0 saturated heterocycles. The lowest BCUT2D eigenvalue weighted by Crippen LogP contribution is -2.31. The molecule has 0 aliphatic carbocycles. The van der Waals surface area contributed by atoms with Crippen LogP contribution >= 0.6 is 0 Å². The maximum atomic E-state index is 13.3. The van der Waals surface area contributed by atoms with Crippen LogP contribution in [0.25, 0.3) is 5.65 Å². The first-order valence-electron chi connectivity index (χ1n) is 11.0. The Kier molecular flexibility index (Phi) is 5.85. The van der Waals surface area contributed by atoms with E-state index in [4.69, 9.17) is 14.2 Å². The van der Waals surface area contributed by atoms with Crippen molar-refractivity contribution in [3.63, 3.8) is 0 Å². The van der Waals surface area contributed by atoms with Crippen molar-refractivity contribution in [2.75, 3.05) is 19.8 Å². The van der Waals surface area contributed by atoms with Gasteiger partial charge in [0.2, 0.25) is 0 Å². The van der Waals surface area contributed by atoms with E-state index in [1.54, 1.807) is 11.0 Å². The lowest BCUT2D eigenvalue weighted by Gasteiger charge is -2.25. The van der Waals surface area contributed by atoms with Crippen molar-refractivity contribution in [1.82, 2.24) is 14.3 Å². The van der Waals surface area contributed by atoms with Gasteiger partial charge in [-0.15, -0.1) is 0 Å².